The first-order chi connectivity index (χ1) is 10.1. The van der Waals surface area contributed by atoms with Gasteiger partial charge in [0.15, 0.2) is 0 Å². The van der Waals surface area contributed by atoms with E-state index in [2.05, 4.69) is 0 Å². The molecule has 0 radical (unpaired) electrons. The molecule has 2 fully saturated rings. The van der Waals surface area contributed by atoms with Crippen molar-refractivity contribution in [3.8, 4) is 0 Å². The fraction of sp³-hybridized carbons (Fsp3) is 0.933. The second-order valence-electron chi connectivity index (χ2n) is 7.65. The normalized spacial score (nSPS) is 30.0. The molecule has 1 saturated heterocycles. The van der Waals surface area contributed by atoms with Crippen molar-refractivity contribution in [1.29, 1.82) is 0 Å². The Morgan fingerprint density at radius 3 is 2.36 bits per heavy atom. The molecule has 1 saturated carbocycles. The molecule has 1 amide bonds. The monoisotopic (exact) mass is 332 g/mol. The van der Waals surface area contributed by atoms with Crippen LogP contribution in [0.15, 0.2) is 0 Å². The van der Waals surface area contributed by atoms with Crippen LogP contribution in [0.5, 0.6) is 0 Å². The molecule has 1 heterocycles. The van der Waals surface area contributed by atoms with Gasteiger partial charge in [-0.3, -0.25) is 0 Å². The van der Waals surface area contributed by atoms with Crippen molar-refractivity contribution >= 4 is 17.5 Å². The summed E-state index contributed by atoms with van der Waals surface area (Å²) in [4.78, 5) is 12.5. The lowest BCUT2D eigenvalue weighted by atomic mass is 9.74. The molecule has 3 atom stereocenters. The van der Waals surface area contributed by atoms with Gasteiger partial charge in [-0.05, 0) is 51.9 Å². The molecule has 1 aliphatic carbocycles. The Hall–Kier alpha value is -0.500. The van der Waals surface area contributed by atoms with Crippen LogP contribution >= 0.6 is 0 Å². The summed E-state index contributed by atoms with van der Waals surface area (Å²) in [5, 5.41) is 19.3. The van der Waals surface area contributed by atoms with E-state index in [0.29, 0.717) is 25.9 Å². The van der Waals surface area contributed by atoms with Gasteiger partial charge in [-0.25, -0.2) is 4.79 Å². The first kappa shape index (κ1) is 17.8. The topological polar surface area (TPSA) is 87.1 Å². The smallest absolute Gasteiger partial charge is 0.407 e. The molecule has 1 spiro atoms. The number of amides is 1. The van der Waals surface area contributed by atoms with E-state index in [-0.39, 0.29) is 22.3 Å². The lowest BCUT2D eigenvalue weighted by Crippen LogP contribution is -2.54. The van der Waals surface area contributed by atoms with Gasteiger partial charge >= 0.3 is 6.09 Å². The predicted molar refractivity (Wildman–Crippen MR) is 86.0 cm³/mol. The van der Waals surface area contributed by atoms with Gasteiger partial charge in [0.2, 0.25) is 0 Å². The summed E-state index contributed by atoms with van der Waals surface area (Å²) in [7, 11) is 1.87. The number of carboxylic acid groups (broad SMARTS) is 1. The fourth-order valence-electron chi connectivity index (χ4n) is 3.96. The highest BCUT2D eigenvalue weighted by atomic mass is 32.2. The molecular formula is C15H28N2O4S. The van der Waals surface area contributed by atoms with E-state index >= 15 is 0 Å². The predicted octanol–water partition coefficient (Wildman–Crippen LogP) is 1.66. The van der Waals surface area contributed by atoms with Crippen LogP contribution in [0.1, 0.15) is 46.5 Å². The standard InChI is InChI=1S/C15H28N2O4S/c1-14(2,3)22(21)16(4)12-9-11(18)10-15(12)5-7-17(8-6-15)13(19)20/h11-12,18H,5-10H2,1-4H3,(H,19,20). The minimum absolute atomic E-state index is 0.0403. The van der Waals surface area contributed by atoms with Crippen LogP contribution in [-0.2, 0) is 11.4 Å². The van der Waals surface area contributed by atoms with E-state index in [1.165, 1.54) is 4.90 Å². The Morgan fingerprint density at radius 2 is 1.91 bits per heavy atom. The van der Waals surface area contributed by atoms with Crippen LogP contribution in [0.25, 0.3) is 0 Å². The van der Waals surface area contributed by atoms with Crippen LogP contribution in [-0.4, -0.2) is 67.1 Å². The van der Waals surface area contributed by atoms with Crippen molar-refractivity contribution in [2.45, 2.75) is 63.3 Å². The minimum atomic E-state index is -1.14. The molecule has 6 nitrogen and oxygen atoms in total. The number of rotatable bonds is 2. The lowest BCUT2D eigenvalue weighted by Gasteiger charge is -2.45. The summed E-state index contributed by atoms with van der Waals surface area (Å²) in [6.45, 7) is 6.84. The zero-order valence-electron chi connectivity index (χ0n) is 13.9. The van der Waals surface area contributed by atoms with Crippen LogP contribution < -0.4 is 0 Å². The van der Waals surface area contributed by atoms with Crippen molar-refractivity contribution in [1.82, 2.24) is 9.21 Å². The quantitative estimate of drug-likeness (QED) is 0.751. The number of hydrogen-bond donors (Lipinski definition) is 2. The van der Waals surface area contributed by atoms with Gasteiger partial charge in [0.05, 0.1) is 12.1 Å². The number of likely N-dealkylation sites (tertiary alicyclic amines) is 1. The molecule has 2 N–H and O–H groups in total. The summed E-state index contributed by atoms with van der Waals surface area (Å²) < 4.78 is 14.3. The van der Waals surface area contributed by atoms with Crippen molar-refractivity contribution in [3.63, 3.8) is 0 Å². The SMILES string of the molecule is CN(C1CC(O)CC12CCN(C(=O)O)CC2)[S+]([O-])C(C)(C)C. The first-order valence-electron chi connectivity index (χ1n) is 7.87. The third-order valence-corrected chi connectivity index (χ3v) is 6.92. The number of piperidine rings is 1. The lowest BCUT2D eigenvalue weighted by molar-refractivity contribution is 0.0557. The molecule has 22 heavy (non-hydrogen) atoms. The van der Waals surface area contributed by atoms with Gasteiger partial charge < -0.3 is 19.7 Å². The van der Waals surface area contributed by atoms with Gasteiger partial charge in [0, 0.05) is 31.5 Å². The zero-order valence-corrected chi connectivity index (χ0v) is 14.7. The highest BCUT2D eigenvalue weighted by molar-refractivity contribution is 7.90. The molecule has 128 valence electrons. The summed E-state index contributed by atoms with van der Waals surface area (Å²) in [6.07, 6.45) is 1.49. The van der Waals surface area contributed by atoms with Gasteiger partial charge in [-0.2, -0.15) is 0 Å². The maximum atomic E-state index is 12.7. The molecule has 3 unspecified atom stereocenters. The van der Waals surface area contributed by atoms with E-state index in [1.54, 1.807) is 0 Å². The summed E-state index contributed by atoms with van der Waals surface area (Å²) in [6, 6.07) is 0.0403. The van der Waals surface area contributed by atoms with E-state index in [4.69, 9.17) is 5.11 Å². The Labute approximate surface area is 135 Å². The molecular weight excluding hydrogens is 304 g/mol. The average molecular weight is 332 g/mol. The summed E-state index contributed by atoms with van der Waals surface area (Å²) in [5.41, 5.74) is -0.124. The third-order valence-electron chi connectivity index (χ3n) is 5.10. The van der Waals surface area contributed by atoms with Gasteiger partial charge in [-0.15, -0.1) is 4.31 Å². The Bertz CT molecular complexity index is 418. The van der Waals surface area contributed by atoms with Crippen LogP contribution in [0.3, 0.4) is 0 Å². The second-order valence-corrected chi connectivity index (χ2v) is 9.95. The van der Waals surface area contributed by atoms with Crippen LogP contribution in [0, 0.1) is 5.41 Å². The number of hydrogen-bond acceptors (Lipinski definition) is 4. The molecule has 0 aromatic rings. The maximum Gasteiger partial charge on any atom is 0.407 e. The van der Waals surface area contributed by atoms with Crippen LogP contribution in [0.4, 0.5) is 4.79 Å². The van der Waals surface area contributed by atoms with E-state index < -0.39 is 17.5 Å². The van der Waals surface area contributed by atoms with E-state index in [1.807, 2.05) is 32.1 Å². The Balaban J connectivity index is 2.15. The highest BCUT2D eigenvalue weighted by Gasteiger charge is 2.53. The highest BCUT2D eigenvalue weighted by Crippen LogP contribution is 2.49. The Morgan fingerprint density at radius 1 is 1.36 bits per heavy atom. The molecule has 2 rings (SSSR count). The van der Waals surface area contributed by atoms with Crippen LogP contribution in [0.2, 0.25) is 0 Å². The van der Waals surface area contributed by atoms with E-state index in [9.17, 15) is 14.5 Å². The molecule has 0 aromatic heterocycles. The molecule has 2 aliphatic rings. The Kier molecular flexibility index (Phi) is 5.02. The number of aliphatic hydroxyl groups excluding tert-OH is 1. The fourth-order valence-corrected chi connectivity index (χ4v) is 5.36. The van der Waals surface area contributed by atoms with Gasteiger partial charge in [0.25, 0.3) is 0 Å². The van der Waals surface area contributed by atoms with Crippen molar-refractivity contribution in [2.24, 2.45) is 5.41 Å². The molecule has 7 heteroatoms. The molecule has 0 aromatic carbocycles. The molecule has 0 bridgehead atoms. The number of aliphatic hydroxyl groups is 1. The van der Waals surface area contributed by atoms with Crippen molar-refractivity contribution in [2.75, 3.05) is 20.1 Å². The zero-order chi connectivity index (χ0) is 16.7. The van der Waals surface area contributed by atoms with Gasteiger partial charge in [0.1, 0.15) is 4.75 Å². The summed E-state index contributed by atoms with van der Waals surface area (Å²) in [5.74, 6) is 0. The van der Waals surface area contributed by atoms with Crippen molar-refractivity contribution in [3.05, 3.63) is 0 Å². The number of nitrogens with zero attached hydrogens (tertiary/aromatic N) is 2. The maximum absolute atomic E-state index is 12.7. The number of carbonyl (C=O) groups is 1. The van der Waals surface area contributed by atoms with Gasteiger partial charge in [-0.1, -0.05) is 0 Å². The first-order valence-corrected chi connectivity index (χ1v) is 8.98. The third kappa shape index (κ3) is 3.37. The summed E-state index contributed by atoms with van der Waals surface area (Å²) >= 11 is -1.14. The molecule has 1 aliphatic heterocycles. The minimum Gasteiger partial charge on any atom is -0.597 e. The average Bonchev–Trinajstić information content (AvgIpc) is 2.73. The van der Waals surface area contributed by atoms with Crippen molar-refractivity contribution < 1.29 is 19.6 Å². The van der Waals surface area contributed by atoms with E-state index in [0.717, 1.165) is 12.8 Å². The second kappa shape index (κ2) is 6.19. The largest absolute Gasteiger partial charge is 0.597 e.